The van der Waals surface area contributed by atoms with Gasteiger partial charge < -0.3 is 4.98 Å². The number of hydrogen-bond donors (Lipinski definition) is 1. The standard InChI is InChI=1S/C28H26N6O/c1-19-11-12-22-16-24(28(35)29-25(22)15-19)26(33-14-13-21-9-5-6-10-23(21)18-33)27-30-31-32-34(27)17-20-7-3-2-4-8-20/h2-12,15-16,26H,13-14,17-18H2,1H3,(H,29,35). The van der Waals surface area contributed by atoms with Crippen molar-refractivity contribution in [2.75, 3.05) is 6.54 Å². The van der Waals surface area contributed by atoms with Crippen molar-refractivity contribution in [1.82, 2.24) is 30.1 Å². The van der Waals surface area contributed by atoms with Crippen LogP contribution < -0.4 is 5.56 Å². The van der Waals surface area contributed by atoms with E-state index in [-0.39, 0.29) is 11.6 Å². The van der Waals surface area contributed by atoms with Crippen LogP contribution in [0.3, 0.4) is 0 Å². The lowest BCUT2D eigenvalue weighted by atomic mass is 9.95. The van der Waals surface area contributed by atoms with E-state index in [0.29, 0.717) is 17.9 Å². The Morgan fingerprint density at radius 1 is 0.971 bits per heavy atom. The molecule has 7 nitrogen and oxygen atoms in total. The summed E-state index contributed by atoms with van der Waals surface area (Å²) in [6.45, 7) is 4.10. The molecule has 6 rings (SSSR count). The van der Waals surface area contributed by atoms with Crippen LogP contribution in [0, 0.1) is 6.92 Å². The first-order valence-electron chi connectivity index (χ1n) is 11.9. The van der Waals surface area contributed by atoms with Gasteiger partial charge in [0.05, 0.1) is 6.54 Å². The zero-order valence-electron chi connectivity index (χ0n) is 19.6. The molecule has 0 amide bonds. The molecular formula is C28H26N6O. The fraction of sp³-hybridized carbons (Fsp3) is 0.214. The second-order valence-corrected chi connectivity index (χ2v) is 9.22. The topological polar surface area (TPSA) is 79.7 Å². The minimum absolute atomic E-state index is 0.110. The average Bonchev–Trinajstić information content (AvgIpc) is 3.32. The predicted octanol–water partition coefficient (Wildman–Crippen LogP) is 4.02. The highest BCUT2D eigenvalue weighted by Gasteiger charge is 2.32. The molecule has 1 unspecified atom stereocenters. The quantitative estimate of drug-likeness (QED) is 0.427. The maximum atomic E-state index is 13.5. The third-order valence-electron chi connectivity index (χ3n) is 6.83. The molecule has 0 bridgehead atoms. The Balaban J connectivity index is 1.48. The lowest BCUT2D eigenvalue weighted by Crippen LogP contribution is -2.38. The molecule has 174 valence electrons. The summed E-state index contributed by atoms with van der Waals surface area (Å²) < 4.78 is 1.82. The third kappa shape index (κ3) is 4.15. The van der Waals surface area contributed by atoms with Gasteiger partial charge in [-0.15, -0.1) is 5.10 Å². The summed E-state index contributed by atoms with van der Waals surface area (Å²) in [4.78, 5) is 18.9. The van der Waals surface area contributed by atoms with Gasteiger partial charge in [0, 0.05) is 24.2 Å². The van der Waals surface area contributed by atoms with Crippen molar-refractivity contribution in [3.8, 4) is 0 Å². The van der Waals surface area contributed by atoms with Crippen LogP contribution in [-0.4, -0.2) is 36.6 Å². The number of aromatic nitrogens is 5. The molecule has 3 aromatic carbocycles. The smallest absolute Gasteiger partial charge is 0.253 e. The molecule has 1 N–H and O–H groups in total. The minimum atomic E-state index is -0.378. The Kier molecular flexibility index (Phi) is 5.47. The van der Waals surface area contributed by atoms with Crippen molar-refractivity contribution in [1.29, 1.82) is 0 Å². The second kappa shape index (κ2) is 8.92. The lowest BCUT2D eigenvalue weighted by Gasteiger charge is -2.34. The van der Waals surface area contributed by atoms with Gasteiger partial charge in [-0.25, -0.2) is 4.68 Å². The fourth-order valence-corrected chi connectivity index (χ4v) is 5.05. The molecule has 3 heterocycles. The average molecular weight is 463 g/mol. The highest BCUT2D eigenvalue weighted by molar-refractivity contribution is 5.79. The first-order valence-corrected chi connectivity index (χ1v) is 11.9. The Hall–Kier alpha value is -4.10. The van der Waals surface area contributed by atoms with E-state index in [1.807, 2.05) is 41.9 Å². The van der Waals surface area contributed by atoms with Crippen LogP contribution in [-0.2, 0) is 19.5 Å². The number of fused-ring (bicyclic) bond motifs is 2. The first kappa shape index (κ1) is 21.4. The normalized spacial score (nSPS) is 14.7. The number of aryl methyl sites for hydroxylation is 1. The minimum Gasteiger partial charge on any atom is -0.322 e. The summed E-state index contributed by atoms with van der Waals surface area (Å²) in [6.07, 6.45) is 0.914. The maximum Gasteiger partial charge on any atom is 0.253 e. The second-order valence-electron chi connectivity index (χ2n) is 9.22. The SMILES string of the molecule is Cc1ccc2cc(C(c3nnnn3Cc3ccccc3)N3CCc4ccccc4C3)c(=O)[nH]c2c1. The molecule has 0 aliphatic carbocycles. The van der Waals surface area contributed by atoms with Gasteiger partial charge in [-0.05, 0) is 63.5 Å². The number of pyridine rings is 1. The molecule has 5 aromatic rings. The molecule has 0 spiro atoms. The van der Waals surface area contributed by atoms with Gasteiger partial charge in [-0.2, -0.15) is 0 Å². The third-order valence-corrected chi connectivity index (χ3v) is 6.83. The number of aromatic amines is 1. The maximum absolute atomic E-state index is 13.5. The largest absolute Gasteiger partial charge is 0.322 e. The molecule has 2 aromatic heterocycles. The van der Waals surface area contributed by atoms with Crippen molar-refractivity contribution >= 4 is 10.9 Å². The summed E-state index contributed by atoms with van der Waals surface area (Å²) in [5.74, 6) is 0.671. The van der Waals surface area contributed by atoms with Crippen LogP contribution in [0.15, 0.2) is 83.7 Å². The van der Waals surface area contributed by atoms with Gasteiger partial charge in [0.1, 0.15) is 6.04 Å². The van der Waals surface area contributed by atoms with E-state index in [1.165, 1.54) is 11.1 Å². The van der Waals surface area contributed by atoms with Crippen molar-refractivity contribution in [3.05, 3.63) is 123 Å². The van der Waals surface area contributed by atoms with Crippen LogP contribution in [0.2, 0.25) is 0 Å². The fourth-order valence-electron chi connectivity index (χ4n) is 5.05. The first-order chi connectivity index (χ1) is 17.2. The number of benzene rings is 3. The Morgan fingerprint density at radius 2 is 1.77 bits per heavy atom. The molecule has 0 radical (unpaired) electrons. The molecular weight excluding hydrogens is 436 g/mol. The summed E-state index contributed by atoms with van der Waals surface area (Å²) >= 11 is 0. The van der Waals surface area contributed by atoms with Crippen LogP contribution in [0.25, 0.3) is 10.9 Å². The molecule has 7 heteroatoms. The molecule has 1 aliphatic rings. The van der Waals surface area contributed by atoms with Crippen LogP contribution in [0.4, 0.5) is 0 Å². The van der Waals surface area contributed by atoms with Gasteiger partial charge in [0.2, 0.25) is 0 Å². The van der Waals surface area contributed by atoms with E-state index in [1.54, 1.807) is 0 Å². The van der Waals surface area contributed by atoms with Crippen LogP contribution in [0.1, 0.15) is 39.7 Å². The summed E-state index contributed by atoms with van der Waals surface area (Å²) in [7, 11) is 0. The Labute approximate surface area is 203 Å². The monoisotopic (exact) mass is 462 g/mol. The van der Waals surface area contributed by atoms with Gasteiger partial charge >= 0.3 is 0 Å². The van der Waals surface area contributed by atoms with Crippen molar-refractivity contribution < 1.29 is 0 Å². The van der Waals surface area contributed by atoms with E-state index in [4.69, 9.17) is 0 Å². The predicted molar refractivity (Wildman–Crippen MR) is 135 cm³/mol. The molecule has 1 aliphatic heterocycles. The molecule has 0 saturated heterocycles. The zero-order chi connectivity index (χ0) is 23.8. The van der Waals surface area contributed by atoms with Gasteiger partial charge in [0.25, 0.3) is 5.56 Å². The Bertz CT molecular complexity index is 1560. The Morgan fingerprint density at radius 3 is 2.63 bits per heavy atom. The number of tetrazole rings is 1. The van der Waals surface area contributed by atoms with Crippen molar-refractivity contribution in [2.24, 2.45) is 0 Å². The van der Waals surface area contributed by atoms with Crippen molar-refractivity contribution in [2.45, 2.75) is 32.5 Å². The lowest BCUT2D eigenvalue weighted by molar-refractivity contribution is 0.194. The highest BCUT2D eigenvalue weighted by atomic mass is 16.1. The van der Waals surface area contributed by atoms with E-state index in [2.05, 4.69) is 73.9 Å². The molecule has 0 fully saturated rings. The van der Waals surface area contributed by atoms with Gasteiger partial charge in [-0.1, -0.05) is 66.7 Å². The van der Waals surface area contributed by atoms with Crippen molar-refractivity contribution in [3.63, 3.8) is 0 Å². The number of nitrogens with zero attached hydrogens (tertiary/aromatic N) is 5. The number of nitrogens with one attached hydrogen (secondary N) is 1. The van der Waals surface area contributed by atoms with E-state index in [9.17, 15) is 4.79 Å². The van der Waals surface area contributed by atoms with E-state index in [0.717, 1.165) is 41.5 Å². The highest BCUT2D eigenvalue weighted by Crippen LogP contribution is 2.32. The van der Waals surface area contributed by atoms with E-state index >= 15 is 0 Å². The summed E-state index contributed by atoms with van der Waals surface area (Å²) in [5, 5.41) is 13.8. The molecule has 1 atom stereocenters. The summed E-state index contributed by atoms with van der Waals surface area (Å²) in [6, 6.07) is 26.4. The number of H-pyrrole nitrogens is 1. The number of hydrogen-bond acceptors (Lipinski definition) is 5. The van der Waals surface area contributed by atoms with Crippen LogP contribution in [0.5, 0.6) is 0 Å². The zero-order valence-corrected chi connectivity index (χ0v) is 19.6. The van der Waals surface area contributed by atoms with Gasteiger partial charge in [-0.3, -0.25) is 9.69 Å². The van der Waals surface area contributed by atoms with Crippen LogP contribution >= 0.6 is 0 Å². The number of rotatable bonds is 5. The molecule has 0 saturated carbocycles. The summed E-state index contributed by atoms with van der Waals surface area (Å²) in [5.41, 5.74) is 6.23. The van der Waals surface area contributed by atoms with E-state index < -0.39 is 0 Å². The molecule has 35 heavy (non-hydrogen) atoms. The van der Waals surface area contributed by atoms with Gasteiger partial charge in [0.15, 0.2) is 5.82 Å².